The average molecular weight is 299 g/mol. The van der Waals surface area contributed by atoms with E-state index in [0.717, 1.165) is 5.56 Å². The molecule has 0 spiro atoms. The van der Waals surface area contributed by atoms with Gasteiger partial charge in [0, 0.05) is 10.7 Å². The first-order chi connectivity index (χ1) is 9.42. The summed E-state index contributed by atoms with van der Waals surface area (Å²) in [6.45, 7) is 4.15. The molecule has 0 heterocycles. The van der Waals surface area contributed by atoms with E-state index in [2.05, 4.69) is 5.32 Å². The van der Waals surface area contributed by atoms with Crippen LogP contribution in [0.25, 0.3) is 0 Å². The van der Waals surface area contributed by atoms with Gasteiger partial charge in [0.2, 0.25) is 5.91 Å². The standard InChI is InChI=1S/C14H19ClN2O3/c1-4-20-14(19)9-17(3)8-13(18)16-11-6-5-10(2)12(15)7-11/h5-7H,4,8-9H2,1-3H3,(H,16,18). The van der Waals surface area contributed by atoms with Crippen LogP contribution in [-0.4, -0.2) is 43.5 Å². The Morgan fingerprint density at radius 1 is 1.35 bits per heavy atom. The number of hydrogen-bond acceptors (Lipinski definition) is 4. The highest BCUT2D eigenvalue weighted by Gasteiger charge is 2.11. The summed E-state index contributed by atoms with van der Waals surface area (Å²) in [6.07, 6.45) is 0. The normalized spacial score (nSPS) is 10.4. The minimum Gasteiger partial charge on any atom is -0.465 e. The number of carbonyl (C=O) groups is 2. The van der Waals surface area contributed by atoms with Gasteiger partial charge in [-0.3, -0.25) is 14.5 Å². The van der Waals surface area contributed by atoms with Gasteiger partial charge in [-0.05, 0) is 38.6 Å². The Bertz CT molecular complexity index is 491. The summed E-state index contributed by atoms with van der Waals surface area (Å²) in [5, 5.41) is 3.33. The average Bonchev–Trinajstić information content (AvgIpc) is 2.33. The van der Waals surface area contributed by atoms with Crippen LogP contribution in [0.15, 0.2) is 18.2 Å². The fourth-order valence-corrected chi connectivity index (χ4v) is 1.78. The molecule has 0 fully saturated rings. The third-order valence-electron chi connectivity index (χ3n) is 2.57. The number of nitrogens with zero attached hydrogens (tertiary/aromatic N) is 1. The summed E-state index contributed by atoms with van der Waals surface area (Å²) in [7, 11) is 1.68. The van der Waals surface area contributed by atoms with Crippen molar-refractivity contribution < 1.29 is 14.3 Å². The molecule has 1 N–H and O–H groups in total. The van der Waals surface area contributed by atoms with Gasteiger partial charge in [-0.1, -0.05) is 17.7 Å². The number of ether oxygens (including phenoxy) is 1. The number of carbonyl (C=O) groups excluding carboxylic acids is 2. The molecule has 1 rings (SSSR count). The highest BCUT2D eigenvalue weighted by atomic mass is 35.5. The number of nitrogens with one attached hydrogen (secondary N) is 1. The molecule has 1 amide bonds. The third kappa shape index (κ3) is 5.59. The van der Waals surface area contributed by atoms with Gasteiger partial charge < -0.3 is 10.1 Å². The predicted octanol–water partition coefficient (Wildman–Crippen LogP) is 2.08. The van der Waals surface area contributed by atoms with Gasteiger partial charge in [0.25, 0.3) is 0 Å². The molecular weight excluding hydrogens is 280 g/mol. The zero-order chi connectivity index (χ0) is 15.1. The fourth-order valence-electron chi connectivity index (χ4n) is 1.60. The van der Waals surface area contributed by atoms with Crippen molar-refractivity contribution in [1.29, 1.82) is 0 Å². The number of esters is 1. The van der Waals surface area contributed by atoms with Crippen molar-refractivity contribution in [3.63, 3.8) is 0 Å². The molecule has 0 aromatic heterocycles. The second-order valence-electron chi connectivity index (χ2n) is 4.49. The topological polar surface area (TPSA) is 58.6 Å². The molecule has 20 heavy (non-hydrogen) atoms. The molecule has 1 aromatic carbocycles. The summed E-state index contributed by atoms with van der Waals surface area (Å²) in [6, 6.07) is 5.31. The van der Waals surface area contributed by atoms with E-state index >= 15 is 0 Å². The number of anilines is 1. The van der Waals surface area contributed by atoms with Gasteiger partial charge in [0.15, 0.2) is 0 Å². The maximum atomic E-state index is 11.8. The second-order valence-corrected chi connectivity index (χ2v) is 4.90. The first-order valence-corrected chi connectivity index (χ1v) is 6.70. The van der Waals surface area contributed by atoms with E-state index in [9.17, 15) is 9.59 Å². The van der Waals surface area contributed by atoms with Gasteiger partial charge >= 0.3 is 5.97 Å². The zero-order valence-electron chi connectivity index (χ0n) is 11.9. The third-order valence-corrected chi connectivity index (χ3v) is 2.98. The number of amides is 1. The molecule has 0 aliphatic carbocycles. The summed E-state index contributed by atoms with van der Waals surface area (Å²) in [5.74, 6) is -0.558. The molecule has 0 radical (unpaired) electrons. The smallest absolute Gasteiger partial charge is 0.320 e. The number of benzene rings is 1. The van der Waals surface area contributed by atoms with Crippen molar-refractivity contribution in [2.45, 2.75) is 13.8 Å². The van der Waals surface area contributed by atoms with Crippen molar-refractivity contribution in [1.82, 2.24) is 4.90 Å². The number of aryl methyl sites for hydroxylation is 1. The molecule has 0 aliphatic rings. The summed E-state index contributed by atoms with van der Waals surface area (Å²) in [5.41, 5.74) is 1.58. The summed E-state index contributed by atoms with van der Waals surface area (Å²) < 4.78 is 4.81. The Morgan fingerprint density at radius 2 is 2.05 bits per heavy atom. The lowest BCUT2D eigenvalue weighted by Crippen LogP contribution is -2.34. The minimum absolute atomic E-state index is 0.0793. The first-order valence-electron chi connectivity index (χ1n) is 6.32. The Hall–Kier alpha value is -1.59. The highest BCUT2D eigenvalue weighted by molar-refractivity contribution is 6.31. The van der Waals surface area contributed by atoms with Crippen LogP contribution in [0, 0.1) is 6.92 Å². The Morgan fingerprint density at radius 3 is 2.65 bits per heavy atom. The number of rotatable bonds is 6. The molecule has 0 saturated heterocycles. The quantitative estimate of drug-likeness (QED) is 0.817. The van der Waals surface area contributed by atoms with Crippen LogP contribution in [0.3, 0.4) is 0 Å². The molecule has 110 valence electrons. The minimum atomic E-state index is -0.346. The number of halogens is 1. The van der Waals surface area contributed by atoms with Crippen LogP contribution in [0.4, 0.5) is 5.69 Å². The van der Waals surface area contributed by atoms with E-state index in [1.807, 2.05) is 13.0 Å². The largest absolute Gasteiger partial charge is 0.465 e. The molecule has 0 unspecified atom stereocenters. The highest BCUT2D eigenvalue weighted by Crippen LogP contribution is 2.19. The maximum Gasteiger partial charge on any atom is 0.320 e. The fraction of sp³-hybridized carbons (Fsp3) is 0.429. The van der Waals surface area contributed by atoms with Crippen molar-refractivity contribution in [3.8, 4) is 0 Å². The molecule has 6 heteroatoms. The summed E-state index contributed by atoms with van der Waals surface area (Å²) in [4.78, 5) is 24.7. The molecule has 1 aromatic rings. The monoisotopic (exact) mass is 298 g/mol. The Labute approximate surface area is 123 Å². The van der Waals surface area contributed by atoms with E-state index in [-0.39, 0.29) is 25.0 Å². The van der Waals surface area contributed by atoms with E-state index in [0.29, 0.717) is 17.3 Å². The molecule has 0 saturated carbocycles. The second kappa shape index (κ2) is 7.87. The molecule has 0 bridgehead atoms. The number of hydrogen-bond donors (Lipinski definition) is 1. The lowest BCUT2D eigenvalue weighted by atomic mass is 10.2. The van der Waals surface area contributed by atoms with Crippen LogP contribution in [0.1, 0.15) is 12.5 Å². The Balaban J connectivity index is 2.46. The van der Waals surface area contributed by atoms with Crippen molar-refractivity contribution in [2.24, 2.45) is 0 Å². The van der Waals surface area contributed by atoms with E-state index < -0.39 is 0 Å². The lowest BCUT2D eigenvalue weighted by molar-refractivity contribution is -0.144. The molecule has 0 aliphatic heterocycles. The van der Waals surface area contributed by atoms with Crippen LogP contribution < -0.4 is 5.32 Å². The summed E-state index contributed by atoms with van der Waals surface area (Å²) >= 11 is 5.98. The maximum absolute atomic E-state index is 11.8. The Kier molecular flexibility index (Phi) is 6.48. The van der Waals surface area contributed by atoms with Gasteiger partial charge in [-0.15, -0.1) is 0 Å². The van der Waals surface area contributed by atoms with Crippen molar-refractivity contribution in [2.75, 3.05) is 32.1 Å². The SMILES string of the molecule is CCOC(=O)CN(C)CC(=O)Nc1ccc(C)c(Cl)c1. The van der Waals surface area contributed by atoms with Crippen molar-refractivity contribution in [3.05, 3.63) is 28.8 Å². The zero-order valence-corrected chi connectivity index (χ0v) is 12.7. The van der Waals surface area contributed by atoms with Crippen LogP contribution in [0.5, 0.6) is 0 Å². The predicted molar refractivity (Wildman–Crippen MR) is 78.9 cm³/mol. The van der Waals surface area contributed by atoms with Gasteiger partial charge in [-0.25, -0.2) is 0 Å². The molecule has 5 nitrogen and oxygen atoms in total. The molecular formula is C14H19ClN2O3. The van der Waals surface area contributed by atoms with Crippen LogP contribution in [-0.2, 0) is 14.3 Å². The molecule has 0 atom stereocenters. The van der Waals surface area contributed by atoms with Crippen LogP contribution in [0.2, 0.25) is 5.02 Å². The van der Waals surface area contributed by atoms with Crippen molar-refractivity contribution >= 4 is 29.2 Å². The van der Waals surface area contributed by atoms with E-state index in [1.54, 1.807) is 31.0 Å². The van der Waals surface area contributed by atoms with Gasteiger partial charge in [0.05, 0.1) is 19.7 Å². The van der Waals surface area contributed by atoms with Gasteiger partial charge in [-0.2, -0.15) is 0 Å². The van der Waals surface area contributed by atoms with E-state index in [4.69, 9.17) is 16.3 Å². The van der Waals surface area contributed by atoms with E-state index in [1.165, 1.54) is 0 Å². The van der Waals surface area contributed by atoms with Gasteiger partial charge in [0.1, 0.15) is 0 Å². The number of likely N-dealkylation sites (N-methyl/N-ethyl adjacent to an activating group) is 1. The first kappa shape index (κ1) is 16.5. The van der Waals surface area contributed by atoms with Crippen LogP contribution >= 0.6 is 11.6 Å². The lowest BCUT2D eigenvalue weighted by Gasteiger charge is -2.15.